The van der Waals surface area contributed by atoms with E-state index in [2.05, 4.69) is 39.9 Å². The summed E-state index contributed by atoms with van der Waals surface area (Å²) in [6.07, 6.45) is 3.92. The van der Waals surface area contributed by atoms with Crippen molar-refractivity contribution in [2.45, 2.75) is 37.6 Å². The van der Waals surface area contributed by atoms with E-state index in [9.17, 15) is 9.59 Å². The lowest BCUT2D eigenvalue weighted by Gasteiger charge is -2.35. The highest BCUT2D eigenvalue weighted by Crippen LogP contribution is 2.30. The predicted octanol–water partition coefficient (Wildman–Crippen LogP) is 0.790. The van der Waals surface area contributed by atoms with Gasteiger partial charge in [0.25, 0.3) is 5.91 Å². The number of amides is 2. The average molecular weight is 398 g/mol. The lowest BCUT2D eigenvalue weighted by atomic mass is 9.88. The second kappa shape index (κ2) is 8.14. The maximum atomic E-state index is 12.8. The second-order valence-electron chi connectivity index (χ2n) is 8.75. The number of rotatable bonds is 4. The van der Waals surface area contributed by atoms with Crippen molar-refractivity contribution in [1.29, 1.82) is 0 Å². The number of benzene rings is 1. The molecule has 0 radical (unpaired) electrons. The van der Waals surface area contributed by atoms with E-state index in [-0.39, 0.29) is 11.8 Å². The number of aliphatic imine (C=N–C) groups is 1. The van der Waals surface area contributed by atoms with Crippen molar-refractivity contribution >= 4 is 17.8 Å². The second-order valence-corrected chi connectivity index (χ2v) is 8.75. The van der Waals surface area contributed by atoms with E-state index >= 15 is 0 Å². The minimum absolute atomic E-state index is 0.0404. The van der Waals surface area contributed by atoms with Crippen molar-refractivity contribution < 1.29 is 9.59 Å². The van der Waals surface area contributed by atoms with Crippen molar-refractivity contribution in [3.05, 3.63) is 35.4 Å². The zero-order valence-electron chi connectivity index (χ0n) is 17.4. The Morgan fingerprint density at radius 1 is 1.21 bits per heavy atom. The smallest absolute Gasteiger partial charge is 0.254 e. The molecule has 1 unspecified atom stereocenters. The third-order valence-electron chi connectivity index (χ3n) is 6.40. The summed E-state index contributed by atoms with van der Waals surface area (Å²) >= 11 is 0. The highest BCUT2D eigenvalue weighted by atomic mass is 16.2. The maximum absolute atomic E-state index is 12.8. The number of hydrogen-bond acceptors (Lipinski definition) is 5. The van der Waals surface area contributed by atoms with E-state index < -0.39 is 5.54 Å². The molecule has 29 heavy (non-hydrogen) atoms. The third-order valence-corrected chi connectivity index (χ3v) is 6.40. The monoisotopic (exact) mass is 397 g/mol. The SMILES string of the molecule is CN(C)C1=NC2(CCN(C(=O)Cc3ccc(CC4CCNC4)cc3)CC2)C(=O)N1. The molecule has 7 heteroatoms. The van der Waals surface area contributed by atoms with E-state index in [1.165, 1.54) is 12.0 Å². The molecular formula is C22H31N5O2. The van der Waals surface area contributed by atoms with E-state index in [1.807, 2.05) is 23.9 Å². The fraction of sp³-hybridized carbons (Fsp3) is 0.591. The lowest BCUT2D eigenvalue weighted by molar-refractivity contribution is -0.135. The van der Waals surface area contributed by atoms with Crippen LogP contribution in [0.3, 0.4) is 0 Å². The molecule has 0 aliphatic carbocycles. The van der Waals surface area contributed by atoms with Crippen LogP contribution in [0.5, 0.6) is 0 Å². The van der Waals surface area contributed by atoms with Crippen LogP contribution >= 0.6 is 0 Å². The van der Waals surface area contributed by atoms with Gasteiger partial charge >= 0.3 is 0 Å². The van der Waals surface area contributed by atoms with Crippen LogP contribution in [0.1, 0.15) is 30.4 Å². The van der Waals surface area contributed by atoms with Crippen molar-refractivity contribution in [3.8, 4) is 0 Å². The number of likely N-dealkylation sites (tertiary alicyclic amines) is 1. The van der Waals surface area contributed by atoms with Gasteiger partial charge in [-0.15, -0.1) is 0 Å². The summed E-state index contributed by atoms with van der Waals surface area (Å²) in [5, 5.41) is 6.27. The minimum Gasteiger partial charge on any atom is -0.349 e. The van der Waals surface area contributed by atoms with Gasteiger partial charge in [0, 0.05) is 27.2 Å². The zero-order chi connectivity index (χ0) is 20.4. The Bertz CT molecular complexity index is 788. The number of piperidine rings is 1. The first kappa shape index (κ1) is 19.9. The Hall–Kier alpha value is -2.41. The highest BCUT2D eigenvalue weighted by molar-refractivity contribution is 6.07. The molecule has 2 saturated heterocycles. The quantitative estimate of drug-likeness (QED) is 0.788. The van der Waals surface area contributed by atoms with Gasteiger partial charge < -0.3 is 15.1 Å². The first-order valence-corrected chi connectivity index (χ1v) is 10.6. The van der Waals surface area contributed by atoms with E-state index in [1.54, 1.807) is 0 Å². The van der Waals surface area contributed by atoms with Gasteiger partial charge in [-0.2, -0.15) is 0 Å². The molecule has 1 aromatic rings. The van der Waals surface area contributed by atoms with Gasteiger partial charge in [-0.1, -0.05) is 24.3 Å². The topological polar surface area (TPSA) is 77.0 Å². The van der Waals surface area contributed by atoms with Crippen LogP contribution in [0.15, 0.2) is 29.3 Å². The van der Waals surface area contributed by atoms with Crippen molar-refractivity contribution in [2.75, 3.05) is 40.3 Å². The number of nitrogens with one attached hydrogen (secondary N) is 2. The van der Waals surface area contributed by atoms with Crippen molar-refractivity contribution in [2.24, 2.45) is 10.9 Å². The molecular weight excluding hydrogens is 366 g/mol. The number of guanidine groups is 1. The van der Waals surface area contributed by atoms with Gasteiger partial charge in [-0.05, 0) is 55.8 Å². The molecule has 2 amide bonds. The van der Waals surface area contributed by atoms with Crippen LogP contribution < -0.4 is 10.6 Å². The van der Waals surface area contributed by atoms with Gasteiger partial charge in [-0.25, -0.2) is 4.99 Å². The van der Waals surface area contributed by atoms with Gasteiger partial charge in [0.05, 0.1) is 6.42 Å². The molecule has 0 aromatic heterocycles. The van der Waals surface area contributed by atoms with Crippen LogP contribution in [-0.4, -0.2) is 73.4 Å². The Labute approximate surface area is 172 Å². The number of carbonyl (C=O) groups is 2. The van der Waals surface area contributed by atoms with Gasteiger partial charge in [0.2, 0.25) is 11.9 Å². The molecule has 1 spiro atoms. The predicted molar refractivity (Wildman–Crippen MR) is 113 cm³/mol. The summed E-state index contributed by atoms with van der Waals surface area (Å²) in [5.41, 5.74) is 1.69. The first-order valence-electron chi connectivity index (χ1n) is 10.6. The molecule has 0 saturated carbocycles. The highest BCUT2D eigenvalue weighted by Gasteiger charge is 2.46. The molecule has 2 N–H and O–H groups in total. The number of carbonyl (C=O) groups excluding carboxylic acids is 2. The first-order chi connectivity index (χ1) is 13.9. The lowest BCUT2D eigenvalue weighted by Crippen LogP contribution is -2.51. The Kier molecular flexibility index (Phi) is 5.58. The Balaban J connectivity index is 1.30. The average Bonchev–Trinajstić information content (AvgIpc) is 3.33. The van der Waals surface area contributed by atoms with Crippen LogP contribution in [0.25, 0.3) is 0 Å². The van der Waals surface area contributed by atoms with Crippen LogP contribution in [-0.2, 0) is 22.4 Å². The summed E-state index contributed by atoms with van der Waals surface area (Å²) in [6.45, 7) is 3.37. The molecule has 1 aromatic carbocycles. The van der Waals surface area contributed by atoms with E-state index in [0.717, 1.165) is 31.0 Å². The van der Waals surface area contributed by atoms with E-state index in [4.69, 9.17) is 0 Å². The standard InChI is InChI=1S/C22H31N5O2/c1-26(2)21-24-20(29)22(25-21)8-11-27(12-9-22)19(28)14-17-5-3-16(4-6-17)13-18-7-10-23-15-18/h3-6,18,23H,7-15H2,1-2H3,(H,24,25,29). The van der Waals surface area contributed by atoms with Crippen LogP contribution in [0, 0.1) is 5.92 Å². The van der Waals surface area contributed by atoms with Gasteiger partial charge in [0.15, 0.2) is 0 Å². The summed E-state index contributed by atoms with van der Waals surface area (Å²) in [6, 6.07) is 8.48. The maximum Gasteiger partial charge on any atom is 0.254 e. The molecule has 4 rings (SSSR count). The van der Waals surface area contributed by atoms with Gasteiger partial charge in [0.1, 0.15) is 5.54 Å². The largest absolute Gasteiger partial charge is 0.349 e. The summed E-state index contributed by atoms with van der Waals surface area (Å²) in [7, 11) is 3.74. The summed E-state index contributed by atoms with van der Waals surface area (Å²) < 4.78 is 0. The molecule has 0 bridgehead atoms. The number of nitrogens with zero attached hydrogens (tertiary/aromatic N) is 3. The number of hydrogen-bond donors (Lipinski definition) is 2. The van der Waals surface area contributed by atoms with Crippen molar-refractivity contribution in [3.63, 3.8) is 0 Å². The molecule has 156 valence electrons. The molecule has 3 heterocycles. The summed E-state index contributed by atoms with van der Waals surface area (Å²) in [5.74, 6) is 1.43. The molecule has 3 aliphatic rings. The fourth-order valence-corrected chi connectivity index (χ4v) is 4.48. The van der Waals surface area contributed by atoms with Gasteiger partial charge in [-0.3, -0.25) is 14.9 Å². The van der Waals surface area contributed by atoms with E-state index in [0.29, 0.717) is 38.3 Å². The molecule has 3 aliphatic heterocycles. The van der Waals surface area contributed by atoms with Crippen LogP contribution in [0.2, 0.25) is 0 Å². The Morgan fingerprint density at radius 2 is 1.90 bits per heavy atom. The molecule has 7 nitrogen and oxygen atoms in total. The summed E-state index contributed by atoms with van der Waals surface area (Å²) in [4.78, 5) is 33.5. The molecule has 1 atom stereocenters. The van der Waals surface area contributed by atoms with Crippen molar-refractivity contribution in [1.82, 2.24) is 20.4 Å². The van der Waals surface area contributed by atoms with Crippen LogP contribution in [0.4, 0.5) is 0 Å². The third kappa shape index (κ3) is 4.29. The minimum atomic E-state index is -0.701. The zero-order valence-corrected chi connectivity index (χ0v) is 17.4. The Morgan fingerprint density at radius 3 is 2.48 bits per heavy atom. The molecule has 2 fully saturated rings. The fourth-order valence-electron chi connectivity index (χ4n) is 4.48. The normalized spacial score (nSPS) is 23.2.